The third-order valence-electron chi connectivity index (χ3n) is 4.19. The Balaban J connectivity index is 1.34. The van der Waals surface area contributed by atoms with Crippen molar-refractivity contribution in [3.63, 3.8) is 0 Å². The summed E-state index contributed by atoms with van der Waals surface area (Å²) in [6, 6.07) is 14.2. The summed E-state index contributed by atoms with van der Waals surface area (Å²) < 4.78 is 7.29. The monoisotopic (exact) mass is 492 g/mol. The number of halogens is 3. The first-order valence-corrected chi connectivity index (χ1v) is 11.1. The van der Waals surface area contributed by atoms with E-state index >= 15 is 0 Å². The van der Waals surface area contributed by atoms with Gasteiger partial charge in [-0.25, -0.2) is 9.67 Å². The number of amides is 1. The van der Waals surface area contributed by atoms with Gasteiger partial charge in [-0.3, -0.25) is 10.1 Å². The van der Waals surface area contributed by atoms with Crippen LogP contribution >= 0.6 is 46.1 Å². The van der Waals surface area contributed by atoms with Gasteiger partial charge in [-0.15, -0.1) is 16.4 Å². The van der Waals surface area contributed by atoms with Gasteiger partial charge in [0.05, 0.1) is 11.4 Å². The van der Waals surface area contributed by atoms with Crippen LogP contribution in [0.4, 0.5) is 5.95 Å². The summed E-state index contributed by atoms with van der Waals surface area (Å²) in [5.74, 6) is 0.585. The number of anilines is 1. The van der Waals surface area contributed by atoms with Crippen molar-refractivity contribution >= 4 is 58.0 Å². The van der Waals surface area contributed by atoms with Gasteiger partial charge in [-0.2, -0.15) is 0 Å². The van der Waals surface area contributed by atoms with Gasteiger partial charge in [-0.05, 0) is 47.3 Å². The predicted octanol–water partition coefficient (Wildman–Crippen LogP) is 6.18. The lowest BCUT2D eigenvalue weighted by molar-refractivity contribution is 0.102. The number of nitrogens with zero attached hydrogens (tertiary/aromatic N) is 3. The number of hydrogen-bond donors (Lipinski definition) is 1. The van der Waals surface area contributed by atoms with Crippen molar-refractivity contribution in [2.45, 2.75) is 13.2 Å². The molecule has 2 heterocycles. The van der Waals surface area contributed by atoms with Crippen LogP contribution in [0.3, 0.4) is 0 Å². The van der Waals surface area contributed by atoms with E-state index in [1.54, 1.807) is 35.0 Å². The number of nitrogens with one attached hydrogen (secondary N) is 1. The molecule has 31 heavy (non-hydrogen) atoms. The van der Waals surface area contributed by atoms with Crippen LogP contribution in [0.15, 0.2) is 60.2 Å². The van der Waals surface area contributed by atoms with Gasteiger partial charge in [0, 0.05) is 20.6 Å². The molecule has 4 rings (SSSR count). The zero-order valence-electron chi connectivity index (χ0n) is 15.9. The second-order valence-electron chi connectivity index (χ2n) is 6.52. The Morgan fingerprint density at radius 1 is 1.10 bits per heavy atom. The molecule has 0 saturated carbocycles. The quantitative estimate of drug-likeness (QED) is 0.334. The summed E-state index contributed by atoms with van der Waals surface area (Å²) >= 11 is 19.4. The lowest BCUT2D eigenvalue weighted by Crippen LogP contribution is -2.12. The van der Waals surface area contributed by atoms with Gasteiger partial charge in [0.15, 0.2) is 0 Å². The number of carbonyl (C=O) groups excluding carboxylic acids is 1. The van der Waals surface area contributed by atoms with Gasteiger partial charge in [0.2, 0.25) is 5.95 Å². The van der Waals surface area contributed by atoms with E-state index in [9.17, 15) is 4.79 Å². The van der Waals surface area contributed by atoms with E-state index in [1.807, 2.05) is 23.6 Å². The van der Waals surface area contributed by atoms with E-state index in [0.29, 0.717) is 38.8 Å². The molecule has 1 N–H and O–H groups in total. The molecule has 2 aromatic heterocycles. The van der Waals surface area contributed by atoms with Crippen molar-refractivity contribution in [3.8, 4) is 5.75 Å². The highest BCUT2D eigenvalue weighted by Crippen LogP contribution is 2.23. The molecule has 158 valence electrons. The average Bonchev–Trinajstić information content (AvgIpc) is 3.38. The minimum absolute atomic E-state index is 0.209. The lowest BCUT2D eigenvalue weighted by Gasteiger charge is -2.04. The molecule has 4 aromatic rings. The van der Waals surface area contributed by atoms with Crippen molar-refractivity contribution in [2.75, 3.05) is 5.32 Å². The van der Waals surface area contributed by atoms with Gasteiger partial charge in [0.1, 0.15) is 18.7 Å². The van der Waals surface area contributed by atoms with Crippen LogP contribution in [0.25, 0.3) is 0 Å². The summed E-state index contributed by atoms with van der Waals surface area (Å²) in [4.78, 5) is 17.2. The topological polar surface area (TPSA) is 69.0 Å². The van der Waals surface area contributed by atoms with Gasteiger partial charge in [0.25, 0.3) is 5.91 Å². The first-order chi connectivity index (χ1) is 15.0. The fourth-order valence-corrected chi connectivity index (χ4v) is 4.15. The molecule has 0 spiro atoms. The van der Waals surface area contributed by atoms with Crippen molar-refractivity contribution < 1.29 is 9.53 Å². The highest BCUT2D eigenvalue weighted by Gasteiger charge is 2.13. The van der Waals surface area contributed by atoms with Crippen molar-refractivity contribution in [2.24, 2.45) is 0 Å². The van der Waals surface area contributed by atoms with E-state index in [4.69, 9.17) is 39.5 Å². The normalized spacial score (nSPS) is 10.8. The Hall–Kier alpha value is -2.58. The number of ether oxygens (including phenoxy) is 1. The van der Waals surface area contributed by atoms with Crippen LogP contribution in [0.5, 0.6) is 5.75 Å². The third kappa shape index (κ3) is 5.77. The molecule has 6 nitrogen and oxygen atoms in total. The molecule has 0 unspecified atom stereocenters. The van der Waals surface area contributed by atoms with Crippen LogP contribution < -0.4 is 10.1 Å². The molecule has 0 aliphatic rings. The molecule has 1 amide bonds. The van der Waals surface area contributed by atoms with Crippen LogP contribution in [0.2, 0.25) is 15.1 Å². The first-order valence-electron chi connectivity index (χ1n) is 9.07. The molecule has 2 aromatic carbocycles. The number of aromatic nitrogens is 3. The smallest absolute Gasteiger partial charge is 0.268 e. The lowest BCUT2D eigenvalue weighted by atomic mass is 10.2. The number of thiophene rings is 1. The second kappa shape index (κ2) is 9.70. The zero-order valence-corrected chi connectivity index (χ0v) is 19.0. The number of rotatable bonds is 7. The van der Waals surface area contributed by atoms with Crippen molar-refractivity contribution in [1.82, 2.24) is 14.8 Å². The zero-order chi connectivity index (χ0) is 21.8. The molecule has 0 bridgehead atoms. The Kier molecular flexibility index (Phi) is 6.77. The standard InChI is InChI=1S/C21H15Cl3N4O2S/c22-15-2-1-3-17(7-15)30-10-13-6-19(31-11-13)20(29)26-21-25-12-28(27-21)9-14-4-5-16(23)8-18(14)24/h1-8,11-12H,9-10H2,(H,26,27,29). The van der Waals surface area contributed by atoms with Gasteiger partial charge >= 0.3 is 0 Å². The largest absolute Gasteiger partial charge is 0.489 e. The summed E-state index contributed by atoms with van der Waals surface area (Å²) in [6.45, 7) is 0.738. The summed E-state index contributed by atoms with van der Waals surface area (Å²) in [5.41, 5.74) is 1.72. The van der Waals surface area contributed by atoms with Crippen molar-refractivity contribution in [1.29, 1.82) is 0 Å². The minimum Gasteiger partial charge on any atom is -0.489 e. The molecule has 0 saturated heterocycles. The number of hydrogen-bond acceptors (Lipinski definition) is 5. The van der Waals surface area contributed by atoms with E-state index in [2.05, 4.69) is 15.4 Å². The Morgan fingerprint density at radius 3 is 2.74 bits per heavy atom. The van der Waals surface area contributed by atoms with E-state index < -0.39 is 0 Å². The highest BCUT2D eigenvalue weighted by atomic mass is 35.5. The number of carbonyl (C=O) groups is 1. The Bertz CT molecular complexity index is 1220. The minimum atomic E-state index is -0.290. The molecular formula is C21H15Cl3N4O2S. The SMILES string of the molecule is O=C(Nc1ncn(Cc2ccc(Cl)cc2Cl)n1)c1cc(COc2cccc(Cl)c2)cs1. The maximum absolute atomic E-state index is 12.5. The van der Waals surface area contributed by atoms with Crippen LogP contribution in [0.1, 0.15) is 20.8 Å². The van der Waals surface area contributed by atoms with Gasteiger partial charge in [-0.1, -0.05) is 46.9 Å². The molecule has 0 aliphatic carbocycles. The third-order valence-corrected chi connectivity index (χ3v) is 5.99. The van der Waals surface area contributed by atoms with E-state index in [1.165, 1.54) is 17.7 Å². The van der Waals surface area contributed by atoms with Crippen LogP contribution in [-0.4, -0.2) is 20.7 Å². The maximum Gasteiger partial charge on any atom is 0.268 e. The van der Waals surface area contributed by atoms with E-state index in [0.717, 1.165) is 11.1 Å². The van der Waals surface area contributed by atoms with Crippen LogP contribution in [0, 0.1) is 0 Å². The Labute approximate surface area is 197 Å². The summed E-state index contributed by atoms with van der Waals surface area (Å²) in [5, 5.41) is 10.6. The Morgan fingerprint density at radius 2 is 1.94 bits per heavy atom. The predicted molar refractivity (Wildman–Crippen MR) is 124 cm³/mol. The van der Waals surface area contributed by atoms with E-state index in [-0.39, 0.29) is 11.9 Å². The molecular weight excluding hydrogens is 479 g/mol. The van der Waals surface area contributed by atoms with Crippen molar-refractivity contribution in [3.05, 3.63) is 91.3 Å². The maximum atomic E-state index is 12.5. The highest BCUT2D eigenvalue weighted by molar-refractivity contribution is 7.12. The fourth-order valence-electron chi connectivity index (χ4n) is 2.71. The molecule has 0 atom stereocenters. The number of benzene rings is 2. The fraction of sp³-hybridized carbons (Fsp3) is 0.0952. The first kappa shape index (κ1) is 21.6. The van der Waals surface area contributed by atoms with Gasteiger partial charge < -0.3 is 4.74 Å². The summed E-state index contributed by atoms with van der Waals surface area (Å²) in [7, 11) is 0. The summed E-state index contributed by atoms with van der Waals surface area (Å²) in [6.07, 6.45) is 1.53. The average molecular weight is 494 g/mol. The molecule has 10 heteroatoms. The molecule has 0 radical (unpaired) electrons. The van der Waals surface area contributed by atoms with Crippen LogP contribution in [-0.2, 0) is 13.2 Å². The molecule has 0 fully saturated rings. The second-order valence-corrected chi connectivity index (χ2v) is 8.71. The molecule has 0 aliphatic heterocycles.